The Hall–Kier alpha value is -2.39. The van der Waals surface area contributed by atoms with Gasteiger partial charge in [0.25, 0.3) is 0 Å². The number of rotatable bonds is 5. The van der Waals surface area contributed by atoms with Crippen LogP contribution >= 0.6 is 8.34 Å². The van der Waals surface area contributed by atoms with Gasteiger partial charge in [0, 0.05) is 19.2 Å². The van der Waals surface area contributed by atoms with Crippen LogP contribution in [0.3, 0.4) is 0 Å². The predicted molar refractivity (Wildman–Crippen MR) is 84.8 cm³/mol. The van der Waals surface area contributed by atoms with Crippen LogP contribution in [0.25, 0.3) is 4.98 Å². The number of hydrogen-bond donors (Lipinski definition) is 0. The summed E-state index contributed by atoms with van der Waals surface area (Å²) in [5.41, 5.74) is 1.33. The summed E-state index contributed by atoms with van der Waals surface area (Å²) in [6.07, 6.45) is 0. The van der Waals surface area contributed by atoms with Gasteiger partial charge in [-0.2, -0.15) is 0 Å². The third kappa shape index (κ3) is 12.6. The Morgan fingerprint density at radius 1 is 0.966 bits per heavy atom. The van der Waals surface area contributed by atoms with Gasteiger partial charge < -0.3 is 47.3 Å². The number of morpholine rings is 1. The molecule has 0 radical (unpaired) electrons. The van der Waals surface area contributed by atoms with Crippen LogP contribution in [-0.2, 0) is 13.9 Å². The molecule has 1 aromatic rings. The maximum absolute atomic E-state index is 9.09. The fourth-order valence-corrected chi connectivity index (χ4v) is 2.21. The van der Waals surface area contributed by atoms with Crippen molar-refractivity contribution in [2.45, 2.75) is 13.8 Å². The molecule has 172 valence electrons. The van der Waals surface area contributed by atoms with Gasteiger partial charge in [0.05, 0.1) is 38.2 Å². The van der Waals surface area contributed by atoms with Crippen LogP contribution in [0.15, 0.2) is 12.1 Å². The van der Waals surface area contributed by atoms with E-state index in [9.17, 15) is 0 Å². The topological polar surface area (TPSA) is 93.2 Å². The van der Waals surface area contributed by atoms with Gasteiger partial charge in [0.15, 0.2) is 10.7 Å². The molecule has 0 aromatic heterocycles. The molecule has 0 atom stereocenters. The number of hydrogen-bond acceptors (Lipinski definition) is 7. The molecule has 0 N–H and O–H groups in total. The fourth-order valence-electron chi connectivity index (χ4n) is 2.21. The average molecular weight is 455 g/mol. The first kappa shape index (κ1) is 41.1. The molecule has 0 aliphatic carbocycles. The second-order valence-electron chi connectivity index (χ2n) is 4.43. The normalized spacial score (nSPS) is 10.4. The molecule has 0 saturated carbocycles. The first-order chi connectivity index (χ1) is 11.2. The maximum atomic E-state index is 9.09. The molecule has 29 heavy (non-hydrogen) atoms. The van der Waals surface area contributed by atoms with E-state index < -0.39 is 8.34 Å². The molecule has 0 amide bonds. The first-order valence-corrected chi connectivity index (χ1v) is 8.01. The van der Waals surface area contributed by atoms with Crippen LogP contribution in [0.4, 0.5) is 11.4 Å². The van der Waals surface area contributed by atoms with Gasteiger partial charge in [-0.3, -0.25) is 0 Å². The summed E-state index contributed by atoms with van der Waals surface area (Å²) in [5.74, 6) is 1.26. The average Bonchev–Trinajstić information content (AvgIpc) is 2.58. The number of anilines is 1. The number of benzene rings is 1. The van der Waals surface area contributed by atoms with Gasteiger partial charge in [0.2, 0.25) is 11.1 Å². The summed E-state index contributed by atoms with van der Waals surface area (Å²) in [6.45, 7) is 7.89. The quantitative estimate of drug-likeness (QED) is 0.247. The van der Waals surface area contributed by atoms with E-state index in [1.54, 1.807) is 6.07 Å². The smallest absolute Gasteiger partial charge is 1.00 e. The zero-order valence-corrected chi connectivity index (χ0v) is 16.4. The molecule has 1 saturated heterocycles. The Kier molecular flexibility index (Phi) is 33.5. The Labute approximate surface area is 164 Å². The van der Waals surface area contributed by atoms with Crippen LogP contribution in [0, 0.1) is 5.39 Å². The monoisotopic (exact) mass is 455 g/mol. The minimum atomic E-state index is -1.08. The van der Waals surface area contributed by atoms with E-state index in [0.717, 1.165) is 18.8 Å². The van der Waals surface area contributed by atoms with E-state index in [0.29, 0.717) is 43.6 Å². The van der Waals surface area contributed by atoms with Crippen LogP contribution in [0.5, 0.6) is 11.5 Å². The zero-order valence-electron chi connectivity index (χ0n) is 15.5. The van der Waals surface area contributed by atoms with Gasteiger partial charge in [-0.15, -0.1) is 0 Å². The number of diazo groups is 1. The molecular formula is C14H20F6N3O5P-4. The standard InChI is InChI=1S/C14H20N3O3.6FH.O2P/c1-3-19-13-10-12(17-5-7-18-8-6-17)14(20-4-2)9-11(13)16-15;;;;;;;1-3-2/h9-10H,3-8H2,1-2H3;6*1H;/q+1;;;;;;;+1/p-6. The molecule has 8 nitrogen and oxygen atoms in total. The zero-order chi connectivity index (χ0) is 17.1. The molecule has 0 spiro atoms. The van der Waals surface area contributed by atoms with Crippen LogP contribution in [-0.4, -0.2) is 39.5 Å². The second kappa shape index (κ2) is 23.6. The number of ether oxygens (including phenoxy) is 3. The van der Waals surface area contributed by atoms with Crippen molar-refractivity contribution in [2.75, 3.05) is 44.4 Å². The third-order valence-corrected chi connectivity index (χ3v) is 3.10. The fraction of sp³-hybridized carbons (Fsp3) is 0.571. The van der Waals surface area contributed by atoms with Crippen LogP contribution in [0.2, 0.25) is 0 Å². The van der Waals surface area contributed by atoms with Crippen LogP contribution < -0.4 is 42.6 Å². The summed E-state index contributed by atoms with van der Waals surface area (Å²) in [6, 6.07) is 3.58. The molecule has 1 heterocycles. The molecule has 1 aromatic carbocycles. The molecule has 2 rings (SSSR count). The van der Waals surface area contributed by atoms with Crippen molar-refractivity contribution in [3.8, 4) is 11.5 Å². The van der Waals surface area contributed by atoms with E-state index in [-0.39, 0.29) is 28.2 Å². The van der Waals surface area contributed by atoms with E-state index in [1.807, 2.05) is 19.9 Å². The van der Waals surface area contributed by atoms with Gasteiger partial charge in [0.1, 0.15) is 0 Å². The second-order valence-corrected chi connectivity index (χ2v) is 4.58. The van der Waals surface area contributed by atoms with Crippen molar-refractivity contribution in [3.63, 3.8) is 0 Å². The first-order valence-electron chi connectivity index (χ1n) is 7.28. The summed E-state index contributed by atoms with van der Waals surface area (Å²) in [7, 11) is -1.08. The SMILES string of the molecule is CCOc1cc(N2CCOCC2)c(OCC)cc1[N+]#N.O=[P+]=O.[F-].[F-].[F-].[F-].[F-].[F-]. The number of halogens is 6. The Morgan fingerprint density at radius 3 is 1.83 bits per heavy atom. The molecule has 1 fully saturated rings. The van der Waals surface area contributed by atoms with E-state index in [4.69, 9.17) is 28.7 Å². The van der Waals surface area contributed by atoms with Gasteiger partial charge >= 0.3 is 23.2 Å². The van der Waals surface area contributed by atoms with Gasteiger partial charge in [-0.05, 0) is 13.8 Å². The number of nitrogens with zero attached hydrogens (tertiary/aromatic N) is 3. The van der Waals surface area contributed by atoms with E-state index in [1.165, 1.54) is 0 Å². The van der Waals surface area contributed by atoms with Crippen molar-refractivity contribution >= 4 is 19.7 Å². The third-order valence-electron chi connectivity index (χ3n) is 3.10. The van der Waals surface area contributed by atoms with Crippen molar-refractivity contribution in [2.24, 2.45) is 0 Å². The largest absolute Gasteiger partial charge is 1.00 e. The van der Waals surface area contributed by atoms with Crippen LogP contribution in [0.1, 0.15) is 13.8 Å². The summed E-state index contributed by atoms with van der Waals surface area (Å²) in [4.78, 5) is 5.46. The summed E-state index contributed by atoms with van der Waals surface area (Å²) < 4.78 is 33.2. The maximum Gasteiger partial charge on any atom is -1.00 e. The molecular weight excluding hydrogens is 435 g/mol. The minimum absolute atomic E-state index is 0. The molecule has 15 heteroatoms. The van der Waals surface area contributed by atoms with Crippen molar-refractivity contribution in [1.82, 2.24) is 0 Å². The van der Waals surface area contributed by atoms with Gasteiger partial charge in [-0.1, -0.05) is 0 Å². The minimum Gasteiger partial charge on any atom is -1.00 e. The summed E-state index contributed by atoms with van der Waals surface area (Å²) >= 11 is 0. The van der Waals surface area contributed by atoms with Crippen molar-refractivity contribution < 1.29 is 51.6 Å². The van der Waals surface area contributed by atoms with Gasteiger partial charge in [-0.25, -0.2) is 0 Å². The van der Waals surface area contributed by atoms with Crippen molar-refractivity contribution in [3.05, 3.63) is 17.1 Å². The van der Waals surface area contributed by atoms with Crippen molar-refractivity contribution in [1.29, 1.82) is 5.39 Å². The Balaban J connectivity index is -0.000000139. The van der Waals surface area contributed by atoms with E-state index >= 15 is 0 Å². The summed E-state index contributed by atoms with van der Waals surface area (Å²) in [5, 5.41) is 9.09. The molecule has 0 bridgehead atoms. The molecule has 1 aliphatic rings. The molecule has 1 aliphatic heterocycles. The molecule has 0 unspecified atom stereocenters. The van der Waals surface area contributed by atoms with E-state index in [2.05, 4.69) is 9.88 Å². The predicted octanol–water partition coefficient (Wildman–Crippen LogP) is -14.5. The Morgan fingerprint density at radius 2 is 1.41 bits per heavy atom. The Bertz CT molecular complexity index is 600.